The zero-order valence-electron chi connectivity index (χ0n) is 11.6. The van der Waals surface area contributed by atoms with Gasteiger partial charge >= 0.3 is 0 Å². The van der Waals surface area contributed by atoms with Crippen LogP contribution < -0.4 is 10.1 Å². The van der Waals surface area contributed by atoms with Gasteiger partial charge in [0, 0.05) is 25.2 Å². The molecule has 6 nitrogen and oxygen atoms in total. The lowest BCUT2D eigenvalue weighted by molar-refractivity contribution is 0.138. The van der Waals surface area contributed by atoms with E-state index >= 15 is 0 Å². The third-order valence-corrected chi connectivity index (χ3v) is 4.37. The minimum Gasteiger partial charge on any atom is -0.472 e. The molecule has 0 saturated carbocycles. The number of hydrogen-bond donors (Lipinski definition) is 1. The average molecular weight is 337 g/mol. The van der Waals surface area contributed by atoms with Gasteiger partial charge in [-0.2, -0.15) is 9.64 Å². The van der Waals surface area contributed by atoms with Crippen LogP contribution in [0.4, 0.5) is 5.00 Å². The SMILES string of the molecule is N#Cc1c(Cl)nsc1NCc1ccnc(OC2CCOC2)c1. The van der Waals surface area contributed by atoms with Gasteiger partial charge in [0.15, 0.2) is 5.15 Å². The number of halogens is 1. The van der Waals surface area contributed by atoms with Crippen LogP contribution in [0.3, 0.4) is 0 Å². The molecule has 2 aromatic rings. The van der Waals surface area contributed by atoms with E-state index in [1.165, 1.54) is 11.5 Å². The number of rotatable bonds is 5. The maximum absolute atomic E-state index is 9.04. The van der Waals surface area contributed by atoms with Gasteiger partial charge in [-0.3, -0.25) is 0 Å². The summed E-state index contributed by atoms with van der Waals surface area (Å²) in [7, 11) is 0. The Morgan fingerprint density at radius 1 is 1.59 bits per heavy atom. The summed E-state index contributed by atoms with van der Waals surface area (Å²) in [6.45, 7) is 1.87. The monoisotopic (exact) mass is 336 g/mol. The maximum Gasteiger partial charge on any atom is 0.213 e. The largest absolute Gasteiger partial charge is 0.472 e. The Morgan fingerprint density at radius 3 is 3.27 bits per heavy atom. The van der Waals surface area contributed by atoms with Crippen LogP contribution >= 0.6 is 23.1 Å². The molecule has 1 unspecified atom stereocenters. The van der Waals surface area contributed by atoms with Gasteiger partial charge in [0.25, 0.3) is 0 Å². The molecule has 2 aromatic heterocycles. The molecule has 3 heterocycles. The molecule has 0 aliphatic carbocycles. The molecule has 114 valence electrons. The first-order valence-corrected chi connectivity index (χ1v) is 7.90. The van der Waals surface area contributed by atoms with Crippen molar-refractivity contribution in [2.24, 2.45) is 0 Å². The third-order valence-electron chi connectivity index (χ3n) is 3.19. The number of anilines is 1. The normalized spacial score (nSPS) is 17.2. The van der Waals surface area contributed by atoms with Crippen molar-refractivity contribution in [3.8, 4) is 11.9 Å². The van der Waals surface area contributed by atoms with E-state index in [4.69, 9.17) is 26.3 Å². The van der Waals surface area contributed by atoms with Crippen LogP contribution in [-0.4, -0.2) is 28.7 Å². The molecular weight excluding hydrogens is 324 g/mol. The Labute approximate surface area is 136 Å². The lowest BCUT2D eigenvalue weighted by Gasteiger charge is -2.11. The second-order valence-electron chi connectivity index (χ2n) is 4.75. The van der Waals surface area contributed by atoms with Crippen LogP contribution in [0.1, 0.15) is 17.5 Å². The molecule has 1 saturated heterocycles. The van der Waals surface area contributed by atoms with E-state index in [1.54, 1.807) is 6.20 Å². The van der Waals surface area contributed by atoms with Gasteiger partial charge < -0.3 is 14.8 Å². The van der Waals surface area contributed by atoms with Crippen molar-refractivity contribution in [1.29, 1.82) is 5.26 Å². The zero-order chi connectivity index (χ0) is 15.4. The average Bonchev–Trinajstić information content (AvgIpc) is 3.15. The summed E-state index contributed by atoms with van der Waals surface area (Å²) >= 11 is 7.01. The van der Waals surface area contributed by atoms with Gasteiger partial charge in [-0.05, 0) is 23.2 Å². The molecule has 0 aromatic carbocycles. The Balaban J connectivity index is 1.64. The van der Waals surface area contributed by atoms with Crippen molar-refractivity contribution in [2.75, 3.05) is 18.5 Å². The number of aromatic nitrogens is 2. The van der Waals surface area contributed by atoms with Crippen molar-refractivity contribution >= 4 is 28.1 Å². The summed E-state index contributed by atoms with van der Waals surface area (Å²) in [6.07, 6.45) is 2.66. The summed E-state index contributed by atoms with van der Waals surface area (Å²) < 4.78 is 15.0. The first-order valence-electron chi connectivity index (χ1n) is 6.74. The molecule has 0 spiro atoms. The highest BCUT2D eigenvalue weighted by Crippen LogP contribution is 2.28. The highest BCUT2D eigenvalue weighted by molar-refractivity contribution is 7.10. The molecule has 1 aliphatic heterocycles. The van der Waals surface area contributed by atoms with Crippen LogP contribution in [0.15, 0.2) is 18.3 Å². The topological polar surface area (TPSA) is 80.1 Å². The fourth-order valence-corrected chi connectivity index (χ4v) is 3.00. The lowest BCUT2D eigenvalue weighted by Crippen LogP contribution is -2.16. The van der Waals surface area contributed by atoms with E-state index in [2.05, 4.69) is 14.7 Å². The Hall–Kier alpha value is -1.88. The van der Waals surface area contributed by atoms with Gasteiger partial charge in [-0.1, -0.05) is 11.6 Å². The van der Waals surface area contributed by atoms with Gasteiger partial charge in [-0.15, -0.1) is 0 Å². The van der Waals surface area contributed by atoms with Crippen molar-refractivity contribution in [3.05, 3.63) is 34.6 Å². The summed E-state index contributed by atoms with van der Waals surface area (Å²) in [5, 5.41) is 13.1. The predicted molar refractivity (Wildman–Crippen MR) is 83.3 cm³/mol. The Bertz CT molecular complexity index is 694. The molecular formula is C14H13ClN4O2S. The third kappa shape index (κ3) is 3.47. The summed E-state index contributed by atoms with van der Waals surface area (Å²) in [6, 6.07) is 5.81. The number of ether oxygens (including phenoxy) is 2. The molecule has 1 atom stereocenters. The minimum absolute atomic E-state index is 0.0706. The van der Waals surface area contributed by atoms with Crippen LogP contribution in [0.5, 0.6) is 5.88 Å². The highest BCUT2D eigenvalue weighted by atomic mass is 35.5. The molecule has 0 bridgehead atoms. The molecule has 1 fully saturated rings. The number of nitriles is 1. The van der Waals surface area contributed by atoms with Crippen molar-refractivity contribution in [3.63, 3.8) is 0 Å². The molecule has 8 heteroatoms. The number of nitrogens with one attached hydrogen (secondary N) is 1. The Kier molecular flexibility index (Phi) is 4.73. The van der Waals surface area contributed by atoms with E-state index in [1.807, 2.05) is 18.2 Å². The van der Waals surface area contributed by atoms with Crippen LogP contribution in [0.2, 0.25) is 5.15 Å². The fourth-order valence-electron chi connectivity index (χ4n) is 2.07. The molecule has 0 radical (unpaired) electrons. The lowest BCUT2D eigenvalue weighted by atomic mass is 10.2. The summed E-state index contributed by atoms with van der Waals surface area (Å²) in [5.41, 5.74) is 1.37. The predicted octanol–water partition coefficient (Wildman–Crippen LogP) is 2.84. The zero-order valence-corrected chi connectivity index (χ0v) is 13.2. The van der Waals surface area contributed by atoms with E-state index in [0.29, 0.717) is 29.6 Å². The minimum atomic E-state index is 0.0706. The highest BCUT2D eigenvalue weighted by Gasteiger charge is 2.18. The van der Waals surface area contributed by atoms with E-state index in [-0.39, 0.29) is 11.3 Å². The number of nitrogens with zero attached hydrogens (tertiary/aromatic N) is 3. The summed E-state index contributed by atoms with van der Waals surface area (Å²) in [5.74, 6) is 0.581. The van der Waals surface area contributed by atoms with Crippen LogP contribution in [0.25, 0.3) is 0 Å². The maximum atomic E-state index is 9.04. The van der Waals surface area contributed by atoms with Crippen LogP contribution in [0, 0.1) is 11.3 Å². The quantitative estimate of drug-likeness (QED) is 0.904. The van der Waals surface area contributed by atoms with E-state index in [9.17, 15) is 0 Å². The smallest absolute Gasteiger partial charge is 0.213 e. The molecule has 3 rings (SSSR count). The Morgan fingerprint density at radius 2 is 2.50 bits per heavy atom. The standard InChI is InChI=1S/C14H13ClN4O2S/c15-13-11(6-16)14(22-19-13)18-7-9-1-3-17-12(5-9)21-10-2-4-20-8-10/h1,3,5,10,18H,2,4,7-8H2. The second-order valence-corrected chi connectivity index (χ2v) is 5.88. The van der Waals surface area contributed by atoms with Gasteiger partial charge in [0.05, 0.1) is 13.2 Å². The van der Waals surface area contributed by atoms with Crippen molar-refractivity contribution in [1.82, 2.24) is 9.36 Å². The first kappa shape index (κ1) is 15.0. The van der Waals surface area contributed by atoms with Gasteiger partial charge in [0.2, 0.25) is 5.88 Å². The molecule has 1 aliphatic rings. The van der Waals surface area contributed by atoms with Crippen molar-refractivity contribution in [2.45, 2.75) is 19.1 Å². The molecule has 1 N–H and O–H groups in total. The van der Waals surface area contributed by atoms with E-state index in [0.717, 1.165) is 18.6 Å². The van der Waals surface area contributed by atoms with Crippen molar-refractivity contribution < 1.29 is 9.47 Å². The molecule has 0 amide bonds. The first-order chi connectivity index (χ1) is 10.8. The van der Waals surface area contributed by atoms with Gasteiger partial charge in [-0.25, -0.2) is 4.98 Å². The fraction of sp³-hybridized carbons (Fsp3) is 0.357. The van der Waals surface area contributed by atoms with Gasteiger partial charge in [0.1, 0.15) is 22.7 Å². The van der Waals surface area contributed by atoms with E-state index < -0.39 is 0 Å². The molecule has 22 heavy (non-hydrogen) atoms. The van der Waals surface area contributed by atoms with Crippen LogP contribution in [-0.2, 0) is 11.3 Å². The number of pyridine rings is 1. The number of hydrogen-bond acceptors (Lipinski definition) is 7. The summed E-state index contributed by atoms with van der Waals surface area (Å²) in [4.78, 5) is 4.21. The second kappa shape index (κ2) is 6.92.